The molecule has 8 aromatic rings. The van der Waals surface area contributed by atoms with Gasteiger partial charge in [-0.2, -0.15) is 0 Å². The zero-order valence-corrected chi connectivity index (χ0v) is 24.1. The van der Waals surface area contributed by atoms with Crippen LogP contribution in [0.3, 0.4) is 0 Å². The van der Waals surface area contributed by atoms with Gasteiger partial charge in [0.25, 0.3) is 0 Å². The number of pyridine rings is 2. The third kappa shape index (κ3) is 4.83. The van der Waals surface area contributed by atoms with Crippen LogP contribution < -0.4 is 0 Å². The van der Waals surface area contributed by atoms with Gasteiger partial charge in [0.1, 0.15) is 0 Å². The van der Waals surface area contributed by atoms with Crippen LogP contribution in [0.1, 0.15) is 22.3 Å². The summed E-state index contributed by atoms with van der Waals surface area (Å²) in [5.74, 6) is 0. The van der Waals surface area contributed by atoms with Crippen LogP contribution in [-0.4, -0.2) is 9.97 Å². The summed E-state index contributed by atoms with van der Waals surface area (Å²) in [6, 6.07) is 47.2. The maximum absolute atomic E-state index is 4.67. The molecule has 0 aliphatic heterocycles. The van der Waals surface area contributed by atoms with Crippen molar-refractivity contribution in [3.8, 4) is 11.4 Å². The van der Waals surface area contributed by atoms with Crippen molar-refractivity contribution in [2.24, 2.45) is 0 Å². The van der Waals surface area contributed by atoms with Crippen LogP contribution in [0, 0.1) is 0 Å². The highest BCUT2D eigenvalue weighted by molar-refractivity contribution is 6.12. The van der Waals surface area contributed by atoms with Gasteiger partial charge in [0.2, 0.25) is 0 Å². The molecular weight excluding hydrogens is 532 g/mol. The summed E-state index contributed by atoms with van der Waals surface area (Å²) in [4.78, 5) is 9.34. The summed E-state index contributed by atoms with van der Waals surface area (Å²) in [5, 5.41) is 10.1. The maximum atomic E-state index is 4.67. The summed E-state index contributed by atoms with van der Waals surface area (Å²) in [5.41, 5.74) is 6.26. The van der Waals surface area contributed by atoms with Crippen LogP contribution >= 0.6 is 0 Å². The average molecular weight is 561 g/mol. The first-order valence-corrected chi connectivity index (χ1v) is 14.9. The van der Waals surface area contributed by atoms with E-state index in [4.69, 9.17) is 0 Å². The van der Waals surface area contributed by atoms with Crippen LogP contribution in [0.4, 0.5) is 0 Å². The van der Waals surface area contributed by atoms with Gasteiger partial charge in [0, 0.05) is 12.4 Å². The van der Waals surface area contributed by atoms with E-state index in [1.54, 1.807) is 0 Å². The van der Waals surface area contributed by atoms with E-state index in [1.165, 1.54) is 54.2 Å². The van der Waals surface area contributed by atoms with E-state index in [9.17, 15) is 0 Å². The van der Waals surface area contributed by atoms with Crippen molar-refractivity contribution in [2.45, 2.75) is 0 Å². The fraction of sp³-hybridized carbons (Fsp3) is 0. The van der Waals surface area contributed by atoms with Gasteiger partial charge in [-0.05, 0) is 102 Å². The fourth-order valence-electron chi connectivity index (χ4n) is 6.20. The molecule has 0 amide bonds. The Hall–Kier alpha value is -5.86. The van der Waals surface area contributed by atoms with Crippen molar-refractivity contribution in [1.82, 2.24) is 9.97 Å². The smallest absolute Gasteiger partial charge is 0.0892 e. The SMILES string of the molecule is C(=C\c1cc2ccccc2c2ccccc12)/c1ccnc(-c2cc(/C=C/c3cc4ccccc4c4ccccc34)ccn2)c1. The lowest BCUT2D eigenvalue weighted by Crippen LogP contribution is -1.89. The van der Waals surface area contributed by atoms with E-state index >= 15 is 0 Å². The topological polar surface area (TPSA) is 25.8 Å². The minimum Gasteiger partial charge on any atom is -0.255 e. The first-order valence-electron chi connectivity index (χ1n) is 14.9. The Morgan fingerprint density at radius 2 is 0.727 bits per heavy atom. The van der Waals surface area contributed by atoms with Gasteiger partial charge in [0.05, 0.1) is 11.4 Å². The van der Waals surface area contributed by atoms with Crippen LogP contribution in [0.2, 0.25) is 0 Å². The second-order valence-corrected chi connectivity index (χ2v) is 11.1. The average Bonchev–Trinajstić information content (AvgIpc) is 3.10. The molecule has 8 rings (SSSR count). The molecule has 0 saturated heterocycles. The number of hydrogen-bond donors (Lipinski definition) is 0. The highest BCUT2D eigenvalue weighted by Gasteiger charge is 2.07. The normalized spacial score (nSPS) is 11.9. The fourth-order valence-corrected chi connectivity index (χ4v) is 6.20. The molecule has 206 valence electrons. The molecule has 0 bridgehead atoms. The minimum atomic E-state index is 0.849. The number of aromatic nitrogens is 2. The molecule has 2 heteroatoms. The molecule has 2 nitrogen and oxygen atoms in total. The summed E-state index contributed by atoms with van der Waals surface area (Å²) in [6.07, 6.45) is 12.5. The molecule has 6 aromatic carbocycles. The molecule has 0 aliphatic rings. The Labute approximate surface area is 256 Å². The van der Waals surface area contributed by atoms with Gasteiger partial charge in [0.15, 0.2) is 0 Å². The molecule has 2 heterocycles. The Kier molecular flexibility index (Phi) is 6.51. The molecule has 0 radical (unpaired) electrons. The third-order valence-corrected chi connectivity index (χ3v) is 8.34. The second kappa shape index (κ2) is 11.1. The quantitative estimate of drug-likeness (QED) is 0.196. The van der Waals surface area contributed by atoms with Crippen molar-refractivity contribution < 1.29 is 0 Å². The van der Waals surface area contributed by atoms with Gasteiger partial charge in [-0.25, -0.2) is 0 Å². The molecule has 0 aliphatic carbocycles. The van der Waals surface area contributed by atoms with Crippen molar-refractivity contribution in [1.29, 1.82) is 0 Å². The lowest BCUT2D eigenvalue weighted by molar-refractivity contribution is 1.24. The lowest BCUT2D eigenvalue weighted by atomic mass is 9.96. The number of benzene rings is 6. The molecule has 0 atom stereocenters. The predicted molar refractivity (Wildman–Crippen MR) is 188 cm³/mol. The highest BCUT2D eigenvalue weighted by atomic mass is 14.8. The van der Waals surface area contributed by atoms with Crippen LogP contribution in [-0.2, 0) is 0 Å². The molecule has 0 unspecified atom stereocenters. The van der Waals surface area contributed by atoms with Crippen molar-refractivity contribution >= 4 is 67.4 Å². The number of hydrogen-bond acceptors (Lipinski definition) is 2. The predicted octanol–water partition coefficient (Wildman–Crippen LogP) is 11.1. The highest BCUT2D eigenvalue weighted by Crippen LogP contribution is 2.31. The third-order valence-electron chi connectivity index (χ3n) is 8.34. The van der Waals surface area contributed by atoms with E-state index in [1.807, 2.05) is 24.5 Å². The Morgan fingerprint density at radius 1 is 0.341 bits per heavy atom. The largest absolute Gasteiger partial charge is 0.255 e. The first-order chi connectivity index (χ1) is 21.8. The number of fused-ring (bicyclic) bond motifs is 6. The van der Waals surface area contributed by atoms with Gasteiger partial charge in [-0.3, -0.25) is 9.97 Å². The Morgan fingerprint density at radius 3 is 1.18 bits per heavy atom. The summed E-state index contributed by atoms with van der Waals surface area (Å²) in [7, 11) is 0. The van der Waals surface area contributed by atoms with E-state index in [0.29, 0.717) is 0 Å². The number of nitrogens with zero attached hydrogens (tertiary/aromatic N) is 2. The second-order valence-electron chi connectivity index (χ2n) is 11.1. The van der Waals surface area contributed by atoms with E-state index in [2.05, 4.69) is 156 Å². The van der Waals surface area contributed by atoms with Crippen molar-refractivity contribution in [2.75, 3.05) is 0 Å². The molecule has 0 N–H and O–H groups in total. The van der Waals surface area contributed by atoms with Crippen LogP contribution in [0.5, 0.6) is 0 Å². The minimum absolute atomic E-state index is 0.849. The van der Waals surface area contributed by atoms with E-state index < -0.39 is 0 Å². The van der Waals surface area contributed by atoms with Gasteiger partial charge in [-0.15, -0.1) is 0 Å². The molecular formula is C42H28N2. The molecule has 0 fully saturated rings. The molecule has 2 aromatic heterocycles. The molecule has 44 heavy (non-hydrogen) atoms. The Balaban J connectivity index is 1.11. The van der Waals surface area contributed by atoms with Gasteiger partial charge < -0.3 is 0 Å². The lowest BCUT2D eigenvalue weighted by Gasteiger charge is -2.08. The van der Waals surface area contributed by atoms with Crippen molar-refractivity contribution in [3.05, 3.63) is 168 Å². The first kappa shape index (κ1) is 25.8. The molecule has 0 saturated carbocycles. The van der Waals surface area contributed by atoms with E-state index in [-0.39, 0.29) is 0 Å². The van der Waals surface area contributed by atoms with E-state index in [0.717, 1.165) is 22.5 Å². The zero-order valence-electron chi connectivity index (χ0n) is 24.1. The Bertz CT molecular complexity index is 2230. The monoisotopic (exact) mass is 560 g/mol. The van der Waals surface area contributed by atoms with Gasteiger partial charge >= 0.3 is 0 Å². The van der Waals surface area contributed by atoms with Crippen LogP contribution in [0.15, 0.2) is 146 Å². The summed E-state index contributed by atoms with van der Waals surface area (Å²) < 4.78 is 0. The van der Waals surface area contributed by atoms with Gasteiger partial charge in [-0.1, -0.05) is 121 Å². The van der Waals surface area contributed by atoms with Crippen LogP contribution in [0.25, 0.3) is 78.8 Å². The molecule has 0 spiro atoms. The maximum Gasteiger partial charge on any atom is 0.0892 e. The number of rotatable bonds is 5. The zero-order chi connectivity index (χ0) is 29.3. The standard InChI is InChI=1S/C42H28N2/c1-3-11-35-31(9-1)27-33(37-13-5-7-15-39(35)37)19-17-29-21-23-43-41(25-29)42-26-30(22-24-44-42)18-20-34-28-32-10-2-4-12-36(32)40-16-8-6-14-38(34)40/h1-28H/b19-17+,20-18+. The summed E-state index contributed by atoms with van der Waals surface area (Å²) >= 11 is 0. The van der Waals surface area contributed by atoms with Crippen molar-refractivity contribution in [3.63, 3.8) is 0 Å². The summed E-state index contributed by atoms with van der Waals surface area (Å²) in [6.45, 7) is 0.